The number of amides is 1. The quantitative estimate of drug-likeness (QED) is 0.608. The fourth-order valence-corrected chi connectivity index (χ4v) is 3.70. The maximum absolute atomic E-state index is 13.0. The van der Waals surface area contributed by atoms with Crippen molar-refractivity contribution in [3.63, 3.8) is 0 Å². The molecule has 0 radical (unpaired) electrons. The van der Waals surface area contributed by atoms with Gasteiger partial charge in [0, 0.05) is 13.6 Å². The highest BCUT2D eigenvalue weighted by atomic mass is 32.2. The van der Waals surface area contributed by atoms with E-state index in [-0.39, 0.29) is 16.4 Å². The molecule has 0 saturated carbocycles. The zero-order valence-corrected chi connectivity index (χ0v) is 18.2. The lowest BCUT2D eigenvalue weighted by Crippen LogP contribution is -2.31. The van der Waals surface area contributed by atoms with E-state index in [1.807, 2.05) is 13.8 Å². The Morgan fingerprint density at radius 3 is 2.37 bits per heavy atom. The maximum Gasteiger partial charge on any atom is 0.338 e. The summed E-state index contributed by atoms with van der Waals surface area (Å²) in [5.41, 5.74) is 0.474. The van der Waals surface area contributed by atoms with Gasteiger partial charge in [-0.3, -0.25) is 9.10 Å². The number of carbonyl (C=O) groups is 2. The number of benzene rings is 2. The summed E-state index contributed by atoms with van der Waals surface area (Å²) < 4.78 is 37.1. The van der Waals surface area contributed by atoms with Crippen molar-refractivity contribution in [2.75, 3.05) is 31.6 Å². The van der Waals surface area contributed by atoms with Gasteiger partial charge >= 0.3 is 5.97 Å². The van der Waals surface area contributed by atoms with E-state index in [0.29, 0.717) is 18.0 Å². The minimum atomic E-state index is -3.91. The van der Waals surface area contributed by atoms with Crippen molar-refractivity contribution < 1.29 is 27.5 Å². The number of ether oxygens (including phenoxy) is 2. The Kier molecular flexibility index (Phi) is 7.82. The highest BCUT2D eigenvalue weighted by Crippen LogP contribution is 2.24. The molecule has 0 spiro atoms. The molecule has 0 bridgehead atoms. The molecule has 2 aromatic carbocycles. The molecule has 0 fully saturated rings. The van der Waals surface area contributed by atoms with Crippen LogP contribution in [0, 0.1) is 5.92 Å². The monoisotopic (exact) mass is 434 g/mol. The van der Waals surface area contributed by atoms with Gasteiger partial charge < -0.3 is 14.8 Å². The number of hydrogen-bond acceptors (Lipinski definition) is 6. The highest BCUT2D eigenvalue weighted by Gasteiger charge is 2.23. The van der Waals surface area contributed by atoms with E-state index in [2.05, 4.69) is 5.32 Å². The van der Waals surface area contributed by atoms with E-state index in [1.54, 1.807) is 24.3 Å². The number of hydrogen-bond donors (Lipinski definition) is 1. The van der Waals surface area contributed by atoms with E-state index in [4.69, 9.17) is 9.47 Å². The zero-order chi connectivity index (χ0) is 22.3. The third kappa shape index (κ3) is 5.96. The van der Waals surface area contributed by atoms with Crippen molar-refractivity contribution in [3.05, 3.63) is 54.1 Å². The van der Waals surface area contributed by atoms with Crippen molar-refractivity contribution in [2.24, 2.45) is 5.92 Å². The van der Waals surface area contributed by atoms with Crippen LogP contribution in [0.4, 0.5) is 5.69 Å². The van der Waals surface area contributed by atoms with Crippen LogP contribution in [0.3, 0.4) is 0 Å². The molecule has 0 atom stereocenters. The van der Waals surface area contributed by atoms with Gasteiger partial charge in [0.15, 0.2) is 6.61 Å². The van der Waals surface area contributed by atoms with Gasteiger partial charge in [-0.25, -0.2) is 13.2 Å². The van der Waals surface area contributed by atoms with E-state index < -0.39 is 28.5 Å². The second kappa shape index (κ2) is 10.1. The van der Waals surface area contributed by atoms with Gasteiger partial charge in [0.25, 0.3) is 15.9 Å². The predicted molar refractivity (Wildman–Crippen MR) is 113 cm³/mol. The number of nitrogens with zero attached hydrogens (tertiary/aromatic N) is 1. The van der Waals surface area contributed by atoms with Gasteiger partial charge in [0.1, 0.15) is 5.75 Å². The summed E-state index contributed by atoms with van der Waals surface area (Å²) in [5.74, 6) is -0.320. The van der Waals surface area contributed by atoms with Crippen LogP contribution in [0.2, 0.25) is 0 Å². The molecule has 1 amide bonds. The average molecular weight is 435 g/mol. The number of methoxy groups -OCH3 is 1. The number of rotatable bonds is 9. The Bertz CT molecular complexity index is 987. The van der Waals surface area contributed by atoms with Crippen LogP contribution in [0.25, 0.3) is 0 Å². The third-order valence-electron chi connectivity index (χ3n) is 4.21. The molecule has 0 aliphatic rings. The summed E-state index contributed by atoms with van der Waals surface area (Å²) in [7, 11) is -0.972. The van der Waals surface area contributed by atoms with Crippen LogP contribution >= 0.6 is 0 Å². The van der Waals surface area contributed by atoms with E-state index >= 15 is 0 Å². The Hall–Kier alpha value is -3.07. The first-order valence-corrected chi connectivity index (χ1v) is 10.8. The normalized spacial score (nSPS) is 11.1. The summed E-state index contributed by atoms with van der Waals surface area (Å²) >= 11 is 0. The van der Waals surface area contributed by atoms with Crippen molar-refractivity contribution in [2.45, 2.75) is 18.7 Å². The van der Waals surface area contributed by atoms with Crippen molar-refractivity contribution in [1.82, 2.24) is 5.32 Å². The summed E-state index contributed by atoms with van der Waals surface area (Å²) in [5, 5.41) is 2.64. The fourth-order valence-electron chi connectivity index (χ4n) is 2.46. The Balaban J connectivity index is 2.12. The zero-order valence-electron chi connectivity index (χ0n) is 17.4. The molecule has 1 N–H and O–H groups in total. The molecule has 8 nitrogen and oxygen atoms in total. The molecule has 0 unspecified atom stereocenters. The van der Waals surface area contributed by atoms with Crippen LogP contribution in [0.15, 0.2) is 53.4 Å². The standard InChI is InChI=1S/C21H26N2O6S/c1-15(2)13-22-20(24)14-29-21(25)16-6-5-7-19(12-16)30(26,27)23(3)17-8-10-18(28-4)11-9-17/h5-12,15H,13-14H2,1-4H3,(H,22,24). The number of esters is 1. The minimum absolute atomic E-state index is 0.0378. The van der Waals surface area contributed by atoms with Crippen LogP contribution < -0.4 is 14.4 Å². The molecular weight excluding hydrogens is 408 g/mol. The van der Waals surface area contributed by atoms with Gasteiger partial charge in [-0.1, -0.05) is 19.9 Å². The molecule has 162 valence electrons. The summed E-state index contributed by atoms with van der Waals surface area (Å²) in [6.45, 7) is 3.93. The van der Waals surface area contributed by atoms with Gasteiger partial charge in [-0.05, 0) is 48.4 Å². The lowest BCUT2D eigenvalue weighted by molar-refractivity contribution is -0.124. The van der Waals surface area contributed by atoms with Crippen molar-refractivity contribution in [1.29, 1.82) is 0 Å². The topological polar surface area (TPSA) is 102 Å². The van der Waals surface area contributed by atoms with Crippen LogP contribution in [-0.4, -0.2) is 47.6 Å². The first kappa shape index (κ1) is 23.2. The molecule has 0 heterocycles. The van der Waals surface area contributed by atoms with Crippen molar-refractivity contribution in [3.8, 4) is 5.75 Å². The lowest BCUT2D eigenvalue weighted by atomic mass is 10.2. The highest BCUT2D eigenvalue weighted by molar-refractivity contribution is 7.92. The minimum Gasteiger partial charge on any atom is -0.497 e. The fraction of sp³-hybridized carbons (Fsp3) is 0.333. The van der Waals surface area contributed by atoms with E-state index in [0.717, 1.165) is 4.31 Å². The van der Waals surface area contributed by atoms with Gasteiger partial charge in [-0.15, -0.1) is 0 Å². The largest absolute Gasteiger partial charge is 0.497 e. The Morgan fingerprint density at radius 2 is 1.77 bits per heavy atom. The number of carbonyl (C=O) groups excluding carboxylic acids is 2. The SMILES string of the molecule is COc1ccc(N(C)S(=O)(=O)c2cccc(C(=O)OCC(=O)NCC(C)C)c2)cc1. The smallest absolute Gasteiger partial charge is 0.338 e. The molecule has 2 rings (SSSR count). The number of nitrogens with one attached hydrogen (secondary N) is 1. The summed E-state index contributed by atoms with van der Waals surface area (Å²) in [6, 6.07) is 12.0. The second-order valence-corrected chi connectivity index (χ2v) is 8.94. The van der Waals surface area contributed by atoms with Crippen LogP contribution in [0.1, 0.15) is 24.2 Å². The summed E-state index contributed by atoms with van der Waals surface area (Å²) in [4.78, 5) is 23.9. The van der Waals surface area contributed by atoms with Crippen LogP contribution in [-0.2, 0) is 19.6 Å². The first-order valence-electron chi connectivity index (χ1n) is 9.32. The molecule has 0 aliphatic carbocycles. The molecule has 9 heteroatoms. The molecule has 0 aliphatic heterocycles. The Morgan fingerprint density at radius 1 is 1.10 bits per heavy atom. The van der Waals surface area contributed by atoms with E-state index in [9.17, 15) is 18.0 Å². The third-order valence-corrected chi connectivity index (χ3v) is 5.99. The lowest BCUT2D eigenvalue weighted by Gasteiger charge is -2.20. The van der Waals surface area contributed by atoms with E-state index in [1.165, 1.54) is 38.4 Å². The molecular formula is C21H26N2O6S. The molecule has 2 aromatic rings. The number of sulfonamides is 1. The van der Waals surface area contributed by atoms with Crippen LogP contribution in [0.5, 0.6) is 5.75 Å². The number of anilines is 1. The predicted octanol–water partition coefficient (Wildman–Crippen LogP) is 2.45. The Labute approximate surface area is 176 Å². The maximum atomic E-state index is 13.0. The second-order valence-electron chi connectivity index (χ2n) is 6.97. The first-order chi connectivity index (χ1) is 14.1. The molecule has 0 aromatic heterocycles. The van der Waals surface area contributed by atoms with Gasteiger partial charge in [-0.2, -0.15) is 0 Å². The van der Waals surface area contributed by atoms with Crippen molar-refractivity contribution >= 4 is 27.6 Å². The van der Waals surface area contributed by atoms with Gasteiger partial charge in [0.05, 0.1) is 23.3 Å². The average Bonchev–Trinajstić information content (AvgIpc) is 2.75. The summed E-state index contributed by atoms with van der Waals surface area (Å²) in [6.07, 6.45) is 0. The molecule has 30 heavy (non-hydrogen) atoms. The molecule has 0 saturated heterocycles. The van der Waals surface area contributed by atoms with Gasteiger partial charge in [0.2, 0.25) is 0 Å².